The van der Waals surface area contributed by atoms with Crippen LogP contribution < -0.4 is 5.32 Å². The van der Waals surface area contributed by atoms with E-state index in [2.05, 4.69) is 15.3 Å². The predicted molar refractivity (Wildman–Crippen MR) is 94.7 cm³/mol. The second kappa shape index (κ2) is 6.89. The number of rotatable bonds is 4. The van der Waals surface area contributed by atoms with E-state index in [-0.39, 0.29) is 5.91 Å². The lowest BCUT2D eigenvalue weighted by Crippen LogP contribution is -2.20. The van der Waals surface area contributed by atoms with Crippen molar-refractivity contribution in [3.05, 3.63) is 54.2 Å². The van der Waals surface area contributed by atoms with Crippen molar-refractivity contribution < 1.29 is 4.79 Å². The molecule has 1 unspecified atom stereocenters. The number of anilines is 1. The second-order valence-electron chi connectivity index (χ2n) is 4.96. The van der Waals surface area contributed by atoms with Gasteiger partial charge in [0.15, 0.2) is 0 Å². The number of carbonyl (C=O) groups excluding carboxylic acids is 1. The molecule has 116 valence electrons. The number of amides is 1. The molecule has 0 spiro atoms. The molecule has 0 radical (unpaired) electrons. The molecule has 0 bridgehead atoms. The summed E-state index contributed by atoms with van der Waals surface area (Å²) in [5, 5.41) is 5.15. The molecule has 0 fully saturated rings. The molecule has 1 aromatic carbocycles. The topological polar surface area (TPSA) is 54.9 Å². The Morgan fingerprint density at radius 3 is 2.74 bits per heavy atom. The third-order valence-electron chi connectivity index (χ3n) is 3.22. The zero-order valence-electron chi connectivity index (χ0n) is 12.4. The monoisotopic (exact) mass is 343 g/mol. The van der Waals surface area contributed by atoms with Crippen LogP contribution in [0.5, 0.6) is 0 Å². The number of nitrogens with one attached hydrogen (secondary N) is 1. The summed E-state index contributed by atoms with van der Waals surface area (Å²) < 4.78 is 0. The Kier molecular flexibility index (Phi) is 4.69. The lowest BCUT2D eigenvalue weighted by molar-refractivity contribution is -0.115. The number of hydrogen-bond acceptors (Lipinski definition) is 4. The Bertz CT molecular complexity index is 817. The molecule has 0 aliphatic rings. The molecule has 0 saturated heterocycles. The van der Waals surface area contributed by atoms with Gasteiger partial charge in [-0.25, -0.2) is 4.98 Å². The molecule has 2 aromatic heterocycles. The van der Waals surface area contributed by atoms with Gasteiger partial charge in [-0.15, -0.1) is 22.9 Å². The third kappa shape index (κ3) is 3.75. The van der Waals surface area contributed by atoms with E-state index in [9.17, 15) is 4.79 Å². The number of nitrogens with zero attached hydrogens (tertiary/aromatic N) is 2. The summed E-state index contributed by atoms with van der Waals surface area (Å²) in [5.74, 6) is -0.223. The van der Waals surface area contributed by atoms with E-state index < -0.39 is 5.38 Å². The van der Waals surface area contributed by atoms with Crippen LogP contribution >= 0.6 is 22.9 Å². The van der Waals surface area contributed by atoms with Gasteiger partial charge in [-0.05, 0) is 31.2 Å². The quantitative estimate of drug-likeness (QED) is 0.712. The van der Waals surface area contributed by atoms with Crippen LogP contribution in [0.1, 0.15) is 6.92 Å². The fraction of sp³-hybridized carbons (Fsp3) is 0.118. The summed E-state index contributed by atoms with van der Waals surface area (Å²) in [7, 11) is 0. The maximum absolute atomic E-state index is 11.7. The lowest BCUT2D eigenvalue weighted by Gasteiger charge is -2.07. The first-order chi connectivity index (χ1) is 11.1. The summed E-state index contributed by atoms with van der Waals surface area (Å²) in [6.45, 7) is 1.64. The molecule has 0 aliphatic heterocycles. The molecule has 1 N–H and O–H groups in total. The summed E-state index contributed by atoms with van der Waals surface area (Å²) in [5.41, 5.74) is 3.56. The van der Waals surface area contributed by atoms with Crippen LogP contribution in [0.3, 0.4) is 0 Å². The SMILES string of the molecule is CC(Cl)C(=O)Nc1cccc(-c2csc(-c3ccncc3)n2)c1. The van der Waals surface area contributed by atoms with E-state index in [1.807, 2.05) is 41.8 Å². The summed E-state index contributed by atoms with van der Waals surface area (Å²) in [4.78, 5) is 20.4. The molecule has 3 rings (SSSR count). The van der Waals surface area contributed by atoms with Crippen LogP contribution in [-0.2, 0) is 4.79 Å². The molecule has 2 heterocycles. The van der Waals surface area contributed by atoms with Crippen LogP contribution in [0, 0.1) is 0 Å². The van der Waals surface area contributed by atoms with Crippen LogP contribution in [0.25, 0.3) is 21.8 Å². The minimum absolute atomic E-state index is 0.223. The van der Waals surface area contributed by atoms with Gasteiger partial charge in [-0.3, -0.25) is 9.78 Å². The van der Waals surface area contributed by atoms with E-state index in [0.29, 0.717) is 5.69 Å². The molecule has 1 atom stereocenters. The Morgan fingerprint density at radius 2 is 2.00 bits per heavy atom. The van der Waals surface area contributed by atoms with Crippen molar-refractivity contribution in [1.82, 2.24) is 9.97 Å². The molecule has 0 aliphatic carbocycles. The molecule has 6 heteroatoms. The van der Waals surface area contributed by atoms with Crippen molar-refractivity contribution >= 4 is 34.5 Å². The maximum Gasteiger partial charge on any atom is 0.242 e. The van der Waals surface area contributed by atoms with Gasteiger partial charge in [-0.2, -0.15) is 0 Å². The van der Waals surface area contributed by atoms with Gasteiger partial charge in [0.1, 0.15) is 10.4 Å². The van der Waals surface area contributed by atoms with Crippen molar-refractivity contribution in [3.63, 3.8) is 0 Å². The molecule has 23 heavy (non-hydrogen) atoms. The minimum Gasteiger partial charge on any atom is -0.325 e. The molecule has 3 aromatic rings. The van der Waals surface area contributed by atoms with E-state index in [1.165, 1.54) is 0 Å². The normalized spacial score (nSPS) is 11.9. The highest BCUT2D eigenvalue weighted by Crippen LogP contribution is 2.29. The highest BCUT2D eigenvalue weighted by atomic mass is 35.5. The Hall–Kier alpha value is -2.24. The Morgan fingerprint density at radius 1 is 1.22 bits per heavy atom. The molecular weight excluding hydrogens is 330 g/mol. The Labute approximate surface area is 143 Å². The number of aromatic nitrogens is 2. The molecule has 4 nitrogen and oxygen atoms in total. The van der Waals surface area contributed by atoms with E-state index in [4.69, 9.17) is 11.6 Å². The van der Waals surface area contributed by atoms with Crippen molar-refractivity contribution in [1.29, 1.82) is 0 Å². The molecule has 1 amide bonds. The van der Waals surface area contributed by atoms with Gasteiger partial charge >= 0.3 is 0 Å². The summed E-state index contributed by atoms with van der Waals surface area (Å²) in [6, 6.07) is 11.4. The molecular formula is C17H14ClN3OS. The average molecular weight is 344 g/mol. The zero-order chi connectivity index (χ0) is 16.2. The van der Waals surface area contributed by atoms with Crippen molar-refractivity contribution in [2.75, 3.05) is 5.32 Å². The number of hydrogen-bond donors (Lipinski definition) is 1. The zero-order valence-corrected chi connectivity index (χ0v) is 13.9. The second-order valence-corrected chi connectivity index (χ2v) is 6.47. The van der Waals surface area contributed by atoms with Gasteiger partial charge in [0, 0.05) is 34.6 Å². The van der Waals surface area contributed by atoms with Gasteiger partial charge in [0.05, 0.1) is 5.69 Å². The van der Waals surface area contributed by atoms with Crippen molar-refractivity contribution in [2.24, 2.45) is 0 Å². The van der Waals surface area contributed by atoms with Gasteiger partial charge < -0.3 is 5.32 Å². The molecule has 0 saturated carbocycles. The minimum atomic E-state index is -0.573. The van der Waals surface area contributed by atoms with E-state index in [1.54, 1.807) is 30.7 Å². The number of halogens is 1. The first-order valence-corrected chi connectivity index (χ1v) is 8.36. The third-order valence-corrected chi connectivity index (χ3v) is 4.31. The smallest absolute Gasteiger partial charge is 0.242 e. The predicted octanol–water partition coefficient (Wildman–Crippen LogP) is 4.44. The van der Waals surface area contributed by atoms with Crippen LogP contribution in [-0.4, -0.2) is 21.3 Å². The van der Waals surface area contributed by atoms with Crippen LogP contribution in [0.4, 0.5) is 5.69 Å². The number of thiazole rings is 1. The summed E-state index contributed by atoms with van der Waals surface area (Å²) in [6.07, 6.45) is 3.50. The van der Waals surface area contributed by atoms with E-state index in [0.717, 1.165) is 21.8 Å². The van der Waals surface area contributed by atoms with Gasteiger partial charge in [0.2, 0.25) is 5.91 Å². The number of alkyl halides is 1. The number of pyridine rings is 1. The fourth-order valence-electron chi connectivity index (χ4n) is 2.03. The first kappa shape index (κ1) is 15.6. The standard InChI is InChI=1S/C17H14ClN3OS/c1-11(18)16(22)20-14-4-2-3-13(9-14)15-10-23-17(21-15)12-5-7-19-8-6-12/h2-11H,1H3,(H,20,22). The lowest BCUT2D eigenvalue weighted by atomic mass is 10.1. The van der Waals surface area contributed by atoms with Crippen LogP contribution in [0.15, 0.2) is 54.2 Å². The largest absolute Gasteiger partial charge is 0.325 e. The number of carbonyl (C=O) groups is 1. The maximum atomic E-state index is 11.7. The van der Waals surface area contributed by atoms with Crippen molar-refractivity contribution in [3.8, 4) is 21.8 Å². The van der Waals surface area contributed by atoms with E-state index >= 15 is 0 Å². The average Bonchev–Trinajstić information content (AvgIpc) is 3.06. The fourth-order valence-corrected chi connectivity index (χ4v) is 2.92. The van der Waals surface area contributed by atoms with Crippen molar-refractivity contribution in [2.45, 2.75) is 12.3 Å². The van der Waals surface area contributed by atoms with Crippen LogP contribution in [0.2, 0.25) is 0 Å². The highest BCUT2D eigenvalue weighted by Gasteiger charge is 2.11. The van der Waals surface area contributed by atoms with Gasteiger partial charge in [-0.1, -0.05) is 12.1 Å². The summed E-state index contributed by atoms with van der Waals surface area (Å²) >= 11 is 7.35. The van der Waals surface area contributed by atoms with Gasteiger partial charge in [0.25, 0.3) is 0 Å². The highest BCUT2D eigenvalue weighted by molar-refractivity contribution is 7.13. The number of benzene rings is 1. The Balaban J connectivity index is 1.85. The first-order valence-electron chi connectivity index (χ1n) is 7.05.